The fraction of sp³-hybridized carbons (Fsp3) is 0.353. The molecule has 3 rings (SSSR count). The number of hydrogen-bond acceptors (Lipinski definition) is 4. The van der Waals surface area contributed by atoms with Crippen LogP contribution in [0.1, 0.15) is 36.8 Å². The summed E-state index contributed by atoms with van der Waals surface area (Å²) in [6.07, 6.45) is 1.91. The number of benzene rings is 1. The lowest BCUT2D eigenvalue weighted by atomic mass is 10.1. The highest BCUT2D eigenvalue weighted by molar-refractivity contribution is 7.71. The lowest BCUT2D eigenvalue weighted by Gasteiger charge is -2.10. The molecule has 0 saturated heterocycles. The van der Waals surface area contributed by atoms with Crippen LogP contribution in [0.4, 0.5) is 0 Å². The molecule has 24 heavy (non-hydrogen) atoms. The summed E-state index contributed by atoms with van der Waals surface area (Å²) in [5.41, 5.74) is 2.81. The quantitative estimate of drug-likeness (QED) is 0.695. The average molecular weight is 344 g/mol. The van der Waals surface area contributed by atoms with Crippen molar-refractivity contribution in [3.05, 3.63) is 46.2 Å². The first kappa shape index (κ1) is 16.4. The van der Waals surface area contributed by atoms with Crippen LogP contribution in [0.15, 0.2) is 28.9 Å². The number of rotatable bonds is 5. The van der Waals surface area contributed by atoms with Crippen molar-refractivity contribution < 1.29 is 9.21 Å². The Morgan fingerprint density at radius 3 is 3.00 bits per heavy atom. The van der Waals surface area contributed by atoms with E-state index in [-0.39, 0.29) is 18.4 Å². The van der Waals surface area contributed by atoms with Crippen LogP contribution in [-0.2, 0) is 17.8 Å². The molecule has 0 aliphatic heterocycles. The van der Waals surface area contributed by atoms with E-state index in [1.165, 1.54) is 0 Å². The van der Waals surface area contributed by atoms with Crippen LogP contribution >= 0.6 is 12.2 Å². The Balaban J connectivity index is 1.69. The van der Waals surface area contributed by atoms with Gasteiger partial charge in [0, 0.05) is 17.0 Å². The van der Waals surface area contributed by atoms with Crippen molar-refractivity contribution in [3.63, 3.8) is 0 Å². The Labute approximate surface area is 144 Å². The Bertz CT molecular complexity index is 936. The smallest absolute Gasteiger partial charge is 0.224 e. The predicted octanol–water partition coefficient (Wildman–Crippen LogP) is 3.44. The Morgan fingerprint density at radius 2 is 2.25 bits per heavy atom. The summed E-state index contributed by atoms with van der Waals surface area (Å²) in [5, 5.41) is 10.8. The first-order valence-electron chi connectivity index (χ1n) is 7.85. The number of H-pyrrole nitrogens is 1. The number of hydrogen-bond donors (Lipinski definition) is 2. The number of carbonyl (C=O) groups is 1. The second-order valence-electron chi connectivity index (χ2n) is 6.12. The molecule has 0 aliphatic carbocycles. The number of fused-ring (bicyclic) bond motifs is 1. The highest BCUT2D eigenvalue weighted by atomic mass is 32.1. The third kappa shape index (κ3) is 3.26. The van der Waals surface area contributed by atoms with Crippen molar-refractivity contribution in [2.24, 2.45) is 0 Å². The molecule has 7 heteroatoms. The lowest BCUT2D eigenvalue weighted by molar-refractivity contribution is -0.120. The van der Waals surface area contributed by atoms with Crippen molar-refractivity contribution in [1.29, 1.82) is 0 Å². The van der Waals surface area contributed by atoms with E-state index in [4.69, 9.17) is 16.6 Å². The van der Waals surface area contributed by atoms with Crippen LogP contribution < -0.4 is 5.32 Å². The van der Waals surface area contributed by atoms with Gasteiger partial charge in [-0.25, -0.2) is 0 Å². The third-order valence-electron chi connectivity index (χ3n) is 3.90. The molecule has 2 heterocycles. The second-order valence-corrected chi connectivity index (χ2v) is 6.51. The van der Waals surface area contributed by atoms with Gasteiger partial charge in [0.05, 0.1) is 19.2 Å². The summed E-state index contributed by atoms with van der Waals surface area (Å²) in [6, 6.07) is 6.15. The molecule has 2 N–H and O–H groups in total. The molecule has 6 nitrogen and oxygen atoms in total. The van der Waals surface area contributed by atoms with Crippen LogP contribution in [0.25, 0.3) is 11.0 Å². The van der Waals surface area contributed by atoms with Crippen molar-refractivity contribution >= 4 is 29.1 Å². The molecule has 0 saturated carbocycles. The highest BCUT2D eigenvalue weighted by Crippen LogP contribution is 2.22. The van der Waals surface area contributed by atoms with E-state index >= 15 is 0 Å². The average Bonchev–Trinajstić information content (AvgIpc) is 3.08. The van der Waals surface area contributed by atoms with Crippen LogP contribution in [0.2, 0.25) is 0 Å². The third-order valence-corrected chi connectivity index (χ3v) is 4.19. The minimum atomic E-state index is -0.0810. The largest absolute Gasteiger partial charge is 0.464 e. The highest BCUT2D eigenvalue weighted by Gasteiger charge is 2.13. The summed E-state index contributed by atoms with van der Waals surface area (Å²) in [6.45, 7) is 6.39. The Kier molecular flexibility index (Phi) is 4.53. The Hall–Kier alpha value is -2.41. The van der Waals surface area contributed by atoms with E-state index < -0.39 is 0 Å². The van der Waals surface area contributed by atoms with Gasteiger partial charge in [-0.2, -0.15) is 5.10 Å². The maximum atomic E-state index is 12.3. The second kappa shape index (κ2) is 6.60. The lowest BCUT2D eigenvalue weighted by Crippen LogP contribution is -2.26. The topological polar surface area (TPSA) is 75.8 Å². The first-order chi connectivity index (χ1) is 11.5. The van der Waals surface area contributed by atoms with Gasteiger partial charge in [0.2, 0.25) is 5.91 Å². The molecule has 2 aromatic heterocycles. The summed E-state index contributed by atoms with van der Waals surface area (Å²) >= 11 is 5.21. The van der Waals surface area contributed by atoms with Gasteiger partial charge in [0.25, 0.3) is 0 Å². The first-order valence-corrected chi connectivity index (χ1v) is 8.25. The molecule has 0 unspecified atom stereocenters. The number of aromatic amines is 1. The Morgan fingerprint density at radius 1 is 1.46 bits per heavy atom. The molecule has 0 spiro atoms. The number of aryl methyl sites for hydroxylation is 1. The summed E-state index contributed by atoms with van der Waals surface area (Å²) in [4.78, 5) is 12.3. The van der Waals surface area contributed by atoms with E-state index in [1.807, 2.05) is 43.5 Å². The SMILES string of the molecule is Cc1ccc2c(CC(=O)NCc3n[nH]c(=S)n3C(C)C)coc2c1. The molecule has 0 fully saturated rings. The number of nitrogens with one attached hydrogen (secondary N) is 2. The summed E-state index contributed by atoms with van der Waals surface area (Å²) in [7, 11) is 0. The maximum absolute atomic E-state index is 12.3. The minimum Gasteiger partial charge on any atom is -0.464 e. The molecule has 3 aromatic rings. The molecular formula is C17H20N4O2S. The molecule has 0 bridgehead atoms. The van der Waals surface area contributed by atoms with Crippen LogP contribution in [0.3, 0.4) is 0 Å². The van der Waals surface area contributed by atoms with Crippen LogP contribution in [-0.4, -0.2) is 20.7 Å². The van der Waals surface area contributed by atoms with Crippen molar-refractivity contribution in [1.82, 2.24) is 20.1 Å². The zero-order valence-corrected chi connectivity index (χ0v) is 14.7. The fourth-order valence-electron chi connectivity index (χ4n) is 2.74. The normalized spacial score (nSPS) is 11.3. The van der Waals surface area contributed by atoms with E-state index in [9.17, 15) is 4.79 Å². The molecule has 126 valence electrons. The predicted molar refractivity (Wildman–Crippen MR) is 94.3 cm³/mol. The summed E-state index contributed by atoms with van der Waals surface area (Å²) in [5.74, 6) is 0.638. The molecule has 0 atom stereocenters. The molecule has 0 radical (unpaired) electrons. The number of nitrogens with zero attached hydrogens (tertiary/aromatic N) is 2. The number of aromatic nitrogens is 3. The van der Waals surface area contributed by atoms with Gasteiger partial charge >= 0.3 is 0 Å². The number of carbonyl (C=O) groups excluding carboxylic acids is 1. The maximum Gasteiger partial charge on any atom is 0.224 e. The molecule has 1 amide bonds. The zero-order chi connectivity index (χ0) is 17.3. The molecular weight excluding hydrogens is 324 g/mol. The van der Waals surface area contributed by atoms with Gasteiger partial charge in [0.1, 0.15) is 5.58 Å². The zero-order valence-electron chi connectivity index (χ0n) is 13.9. The van der Waals surface area contributed by atoms with Gasteiger partial charge < -0.3 is 14.3 Å². The van der Waals surface area contributed by atoms with Gasteiger partial charge in [-0.1, -0.05) is 12.1 Å². The molecule has 0 aliphatic rings. The van der Waals surface area contributed by atoms with Crippen molar-refractivity contribution in [2.75, 3.05) is 0 Å². The molecule has 1 aromatic carbocycles. The monoisotopic (exact) mass is 344 g/mol. The van der Waals surface area contributed by atoms with Crippen LogP contribution in [0, 0.1) is 11.7 Å². The standard InChI is InChI=1S/C17H20N4O2S/c1-10(2)21-15(19-20-17(21)24)8-18-16(22)7-12-9-23-14-6-11(3)4-5-13(12)14/h4-6,9-10H,7-8H2,1-3H3,(H,18,22)(H,20,24). The van der Waals surface area contributed by atoms with Gasteiger partial charge in [-0.3, -0.25) is 9.89 Å². The van der Waals surface area contributed by atoms with Crippen LogP contribution in [0.5, 0.6) is 0 Å². The summed E-state index contributed by atoms with van der Waals surface area (Å²) < 4.78 is 7.99. The van der Waals surface area contributed by atoms with E-state index in [0.717, 1.165) is 27.9 Å². The minimum absolute atomic E-state index is 0.0810. The van der Waals surface area contributed by atoms with E-state index in [0.29, 0.717) is 11.3 Å². The van der Waals surface area contributed by atoms with E-state index in [1.54, 1.807) is 6.26 Å². The van der Waals surface area contributed by atoms with Gasteiger partial charge in [-0.15, -0.1) is 0 Å². The van der Waals surface area contributed by atoms with Crippen molar-refractivity contribution in [3.8, 4) is 0 Å². The van der Waals surface area contributed by atoms with Gasteiger partial charge in [0.15, 0.2) is 10.6 Å². The van der Waals surface area contributed by atoms with Crippen molar-refractivity contribution in [2.45, 2.75) is 39.8 Å². The van der Waals surface area contributed by atoms with E-state index in [2.05, 4.69) is 15.5 Å². The number of furan rings is 1. The number of amides is 1. The fourth-order valence-corrected chi connectivity index (χ4v) is 3.10. The van der Waals surface area contributed by atoms with Gasteiger partial charge in [-0.05, 0) is 44.6 Å².